The minimum atomic E-state index is -0.0522. The quantitative estimate of drug-likeness (QED) is 0.871. The summed E-state index contributed by atoms with van der Waals surface area (Å²) in [6.45, 7) is 14.4. The van der Waals surface area contributed by atoms with Crippen molar-refractivity contribution < 1.29 is 4.74 Å². The van der Waals surface area contributed by atoms with E-state index in [1.54, 1.807) is 0 Å². The van der Waals surface area contributed by atoms with Crippen molar-refractivity contribution in [1.29, 1.82) is 0 Å². The van der Waals surface area contributed by atoms with Gasteiger partial charge in [0.15, 0.2) is 0 Å². The maximum absolute atomic E-state index is 6.30. The van der Waals surface area contributed by atoms with Gasteiger partial charge in [0.2, 0.25) is 0 Å². The van der Waals surface area contributed by atoms with Crippen LogP contribution >= 0.6 is 0 Å². The van der Waals surface area contributed by atoms with Crippen LogP contribution in [-0.4, -0.2) is 12.1 Å². The van der Waals surface area contributed by atoms with Gasteiger partial charge in [-0.25, -0.2) is 0 Å². The molecule has 0 spiro atoms. The van der Waals surface area contributed by atoms with E-state index in [9.17, 15) is 0 Å². The standard InChI is InChI=1S/C18H29NO/c1-7-18(6)10-16(19-11-12(2)3)15-8-13(4)14(5)9-17(15)20-18/h8-9,12,16,19H,7,10-11H2,1-6H3. The maximum Gasteiger partial charge on any atom is 0.125 e. The molecule has 2 atom stereocenters. The Kier molecular flexibility index (Phi) is 4.43. The van der Waals surface area contributed by atoms with Crippen molar-refractivity contribution in [1.82, 2.24) is 5.32 Å². The number of hydrogen-bond acceptors (Lipinski definition) is 2. The van der Waals surface area contributed by atoms with Gasteiger partial charge >= 0.3 is 0 Å². The van der Waals surface area contributed by atoms with Gasteiger partial charge in [-0.3, -0.25) is 0 Å². The summed E-state index contributed by atoms with van der Waals surface area (Å²) in [5, 5.41) is 3.73. The molecule has 0 bridgehead atoms. The van der Waals surface area contributed by atoms with Crippen molar-refractivity contribution in [3.8, 4) is 5.75 Å². The van der Waals surface area contributed by atoms with E-state index in [2.05, 4.69) is 59.0 Å². The smallest absolute Gasteiger partial charge is 0.125 e. The van der Waals surface area contributed by atoms with Crippen molar-refractivity contribution in [3.63, 3.8) is 0 Å². The number of rotatable bonds is 4. The second-order valence-corrected chi connectivity index (χ2v) is 6.94. The number of fused-ring (bicyclic) bond motifs is 1. The molecule has 1 heterocycles. The van der Waals surface area contributed by atoms with Crippen LogP contribution in [0.3, 0.4) is 0 Å². The fraction of sp³-hybridized carbons (Fsp3) is 0.667. The molecule has 2 unspecified atom stereocenters. The highest BCUT2D eigenvalue weighted by Gasteiger charge is 2.36. The van der Waals surface area contributed by atoms with Gasteiger partial charge in [-0.1, -0.05) is 26.8 Å². The highest BCUT2D eigenvalue weighted by molar-refractivity contribution is 5.45. The average molecular weight is 275 g/mol. The van der Waals surface area contributed by atoms with Crippen molar-refractivity contribution in [3.05, 3.63) is 28.8 Å². The molecule has 20 heavy (non-hydrogen) atoms. The highest BCUT2D eigenvalue weighted by Crippen LogP contribution is 2.42. The van der Waals surface area contributed by atoms with Gasteiger partial charge in [0, 0.05) is 18.0 Å². The van der Waals surface area contributed by atoms with Crippen LogP contribution in [-0.2, 0) is 0 Å². The van der Waals surface area contributed by atoms with Crippen molar-refractivity contribution >= 4 is 0 Å². The first-order valence-electron chi connectivity index (χ1n) is 7.88. The molecule has 0 fully saturated rings. The van der Waals surface area contributed by atoms with E-state index in [0.717, 1.165) is 25.1 Å². The summed E-state index contributed by atoms with van der Waals surface area (Å²) < 4.78 is 6.30. The molecule has 0 radical (unpaired) electrons. The highest BCUT2D eigenvalue weighted by atomic mass is 16.5. The largest absolute Gasteiger partial charge is 0.487 e. The van der Waals surface area contributed by atoms with Crippen LogP contribution in [0.5, 0.6) is 5.75 Å². The van der Waals surface area contributed by atoms with Crippen LogP contribution in [0.25, 0.3) is 0 Å². The zero-order valence-electron chi connectivity index (χ0n) is 13.8. The Labute approximate surface area is 123 Å². The third kappa shape index (κ3) is 3.17. The molecule has 0 saturated heterocycles. The molecule has 0 saturated carbocycles. The normalized spacial score (nSPS) is 25.4. The molecule has 1 aromatic carbocycles. The van der Waals surface area contributed by atoms with Gasteiger partial charge in [-0.05, 0) is 56.8 Å². The summed E-state index contributed by atoms with van der Waals surface area (Å²) in [5.74, 6) is 1.74. The molecule has 1 aromatic rings. The first-order chi connectivity index (χ1) is 9.34. The van der Waals surface area contributed by atoms with Gasteiger partial charge in [0.05, 0.1) is 0 Å². The summed E-state index contributed by atoms with van der Waals surface area (Å²) in [7, 11) is 0. The Morgan fingerprint density at radius 2 is 1.95 bits per heavy atom. The van der Waals surface area contributed by atoms with E-state index in [4.69, 9.17) is 4.74 Å². The minimum Gasteiger partial charge on any atom is -0.487 e. The van der Waals surface area contributed by atoms with E-state index in [-0.39, 0.29) is 5.60 Å². The number of benzene rings is 1. The first kappa shape index (κ1) is 15.4. The molecule has 0 aliphatic carbocycles. The van der Waals surface area contributed by atoms with Crippen LogP contribution < -0.4 is 10.1 Å². The van der Waals surface area contributed by atoms with Crippen LogP contribution in [0, 0.1) is 19.8 Å². The summed E-state index contributed by atoms with van der Waals surface area (Å²) in [4.78, 5) is 0. The zero-order chi connectivity index (χ0) is 14.9. The summed E-state index contributed by atoms with van der Waals surface area (Å²) in [5.41, 5.74) is 3.94. The lowest BCUT2D eigenvalue weighted by Crippen LogP contribution is -2.42. The van der Waals surface area contributed by atoms with E-state index < -0.39 is 0 Å². The van der Waals surface area contributed by atoms with Crippen LogP contribution in [0.4, 0.5) is 0 Å². The van der Waals surface area contributed by atoms with E-state index in [1.165, 1.54) is 16.7 Å². The average Bonchev–Trinajstić information content (AvgIpc) is 2.38. The Bertz CT molecular complexity index is 481. The Morgan fingerprint density at radius 1 is 1.30 bits per heavy atom. The molecular formula is C18H29NO. The van der Waals surface area contributed by atoms with E-state index in [1.807, 2.05) is 0 Å². The number of hydrogen-bond donors (Lipinski definition) is 1. The SMILES string of the molecule is CCC1(C)CC(NCC(C)C)c2cc(C)c(C)cc2O1. The van der Waals surface area contributed by atoms with Gasteiger partial charge in [-0.2, -0.15) is 0 Å². The molecule has 1 aliphatic rings. The van der Waals surface area contributed by atoms with Crippen LogP contribution in [0.1, 0.15) is 63.3 Å². The molecule has 2 heteroatoms. The Morgan fingerprint density at radius 3 is 2.55 bits per heavy atom. The molecule has 1 N–H and O–H groups in total. The topological polar surface area (TPSA) is 21.3 Å². The van der Waals surface area contributed by atoms with Gasteiger partial charge in [-0.15, -0.1) is 0 Å². The lowest BCUT2D eigenvalue weighted by atomic mass is 9.85. The lowest BCUT2D eigenvalue weighted by molar-refractivity contribution is 0.0437. The molecule has 112 valence electrons. The number of ether oxygens (including phenoxy) is 1. The molecule has 2 rings (SSSR count). The Balaban J connectivity index is 2.35. The van der Waals surface area contributed by atoms with Gasteiger partial charge in [0.25, 0.3) is 0 Å². The molecule has 0 amide bonds. The van der Waals surface area contributed by atoms with Crippen LogP contribution in [0.15, 0.2) is 12.1 Å². The monoisotopic (exact) mass is 275 g/mol. The maximum atomic E-state index is 6.30. The van der Waals surface area contributed by atoms with Gasteiger partial charge < -0.3 is 10.1 Å². The minimum absolute atomic E-state index is 0.0522. The fourth-order valence-electron chi connectivity index (χ4n) is 2.80. The van der Waals surface area contributed by atoms with Crippen molar-refractivity contribution in [2.45, 2.75) is 66.0 Å². The third-order valence-corrected chi connectivity index (χ3v) is 4.51. The number of nitrogens with one attached hydrogen (secondary N) is 1. The summed E-state index contributed by atoms with van der Waals surface area (Å²) in [6, 6.07) is 4.92. The Hall–Kier alpha value is -1.02. The van der Waals surface area contributed by atoms with Crippen molar-refractivity contribution in [2.75, 3.05) is 6.54 Å². The zero-order valence-corrected chi connectivity index (χ0v) is 13.8. The molecule has 2 nitrogen and oxygen atoms in total. The number of aryl methyl sites for hydroxylation is 2. The fourth-order valence-corrected chi connectivity index (χ4v) is 2.80. The van der Waals surface area contributed by atoms with Gasteiger partial charge in [0.1, 0.15) is 11.4 Å². The predicted molar refractivity (Wildman–Crippen MR) is 85.4 cm³/mol. The molecular weight excluding hydrogens is 246 g/mol. The van der Waals surface area contributed by atoms with E-state index >= 15 is 0 Å². The predicted octanol–water partition coefficient (Wildman–Crippen LogP) is 4.54. The van der Waals surface area contributed by atoms with Crippen LogP contribution in [0.2, 0.25) is 0 Å². The van der Waals surface area contributed by atoms with E-state index in [0.29, 0.717) is 12.0 Å². The first-order valence-corrected chi connectivity index (χ1v) is 7.88. The summed E-state index contributed by atoms with van der Waals surface area (Å²) >= 11 is 0. The molecule has 0 aromatic heterocycles. The second-order valence-electron chi connectivity index (χ2n) is 6.94. The summed E-state index contributed by atoms with van der Waals surface area (Å²) in [6.07, 6.45) is 2.09. The van der Waals surface area contributed by atoms with Crippen molar-refractivity contribution in [2.24, 2.45) is 5.92 Å². The lowest BCUT2D eigenvalue weighted by Gasteiger charge is -2.40. The molecule has 1 aliphatic heterocycles. The second kappa shape index (κ2) is 5.77. The third-order valence-electron chi connectivity index (χ3n) is 4.51.